The molecule has 35 heavy (non-hydrogen) atoms. The SMILES string of the molecule is CCCN(CCC)c1nc2ccc(C)cn2c(=O)c1/C=C1\SC(=S)N(CCCCCC(=O)O)C1=O. The van der Waals surface area contributed by atoms with Crippen LogP contribution in [0.3, 0.4) is 0 Å². The molecule has 0 saturated carbocycles. The first-order valence-corrected chi connectivity index (χ1v) is 13.2. The van der Waals surface area contributed by atoms with E-state index in [1.165, 1.54) is 16.2 Å². The van der Waals surface area contributed by atoms with E-state index in [1.54, 1.807) is 17.2 Å². The standard InChI is InChI=1S/C25H32N4O4S2/c1-4-12-27(13-5-2)22-18(23(32)29-16-17(3)10-11-20(29)26-22)15-19-24(33)28(25(34)35-19)14-8-6-7-9-21(30)31/h10-11,15-16H,4-9,12-14H2,1-3H3,(H,30,31)/b19-15-. The normalized spacial score (nSPS) is 14.9. The van der Waals surface area contributed by atoms with Gasteiger partial charge in [0, 0.05) is 32.3 Å². The molecule has 10 heteroatoms. The Hall–Kier alpha value is -2.72. The molecule has 0 radical (unpaired) electrons. The van der Waals surface area contributed by atoms with Crippen LogP contribution in [0.2, 0.25) is 0 Å². The summed E-state index contributed by atoms with van der Waals surface area (Å²) in [5.74, 6) is -0.461. The summed E-state index contributed by atoms with van der Waals surface area (Å²) in [7, 11) is 0. The quantitative estimate of drug-likeness (QED) is 0.251. The zero-order chi connectivity index (χ0) is 25.5. The molecule has 1 saturated heterocycles. The smallest absolute Gasteiger partial charge is 0.303 e. The van der Waals surface area contributed by atoms with Crippen molar-refractivity contribution in [3.8, 4) is 0 Å². The number of hydrogen-bond donors (Lipinski definition) is 1. The number of aryl methyl sites for hydroxylation is 1. The summed E-state index contributed by atoms with van der Waals surface area (Å²) in [4.78, 5) is 46.4. The number of aromatic nitrogens is 2. The van der Waals surface area contributed by atoms with Crippen LogP contribution in [0.25, 0.3) is 11.7 Å². The molecule has 3 rings (SSSR count). The van der Waals surface area contributed by atoms with E-state index < -0.39 is 5.97 Å². The van der Waals surface area contributed by atoms with Gasteiger partial charge in [-0.05, 0) is 50.3 Å². The van der Waals surface area contributed by atoms with Crippen LogP contribution in [-0.4, -0.2) is 55.2 Å². The van der Waals surface area contributed by atoms with Crippen molar-refractivity contribution in [1.29, 1.82) is 0 Å². The number of aliphatic carboxylic acids is 1. The fourth-order valence-corrected chi connectivity index (χ4v) is 5.31. The summed E-state index contributed by atoms with van der Waals surface area (Å²) in [6, 6.07) is 3.76. The fourth-order valence-electron chi connectivity index (χ4n) is 4.02. The van der Waals surface area contributed by atoms with Crippen LogP contribution in [0.5, 0.6) is 0 Å². The lowest BCUT2D eigenvalue weighted by molar-refractivity contribution is -0.137. The zero-order valence-electron chi connectivity index (χ0n) is 20.5. The summed E-state index contributed by atoms with van der Waals surface area (Å²) < 4.78 is 1.98. The highest BCUT2D eigenvalue weighted by Crippen LogP contribution is 2.34. The monoisotopic (exact) mass is 516 g/mol. The van der Waals surface area contributed by atoms with Gasteiger partial charge in [-0.1, -0.05) is 50.3 Å². The maximum atomic E-state index is 13.6. The minimum Gasteiger partial charge on any atom is -0.481 e. The first kappa shape index (κ1) is 26.9. The van der Waals surface area contributed by atoms with Crippen molar-refractivity contribution in [3.05, 3.63) is 44.7 Å². The van der Waals surface area contributed by atoms with Crippen LogP contribution < -0.4 is 10.5 Å². The number of carbonyl (C=O) groups is 2. The van der Waals surface area contributed by atoms with Crippen molar-refractivity contribution in [2.45, 2.75) is 59.3 Å². The van der Waals surface area contributed by atoms with Crippen LogP contribution in [0.15, 0.2) is 28.0 Å². The first-order chi connectivity index (χ1) is 16.8. The second kappa shape index (κ2) is 12.3. The van der Waals surface area contributed by atoms with Gasteiger partial charge in [0.05, 0.1) is 10.5 Å². The van der Waals surface area contributed by atoms with E-state index in [1.807, 2.05) is 19.1 Å². The summed E-state index contributed by atoms with van der Waals surface area (Å²) in [5, 5.41) is 8.78. The van der Waals surface area contributed by atoms with Crippen molar-refractivity contribution in [1.82, 2.24) is 14.3 Å². The number of thiocarbonyl (C=S) groups is 1. The lowest BCUT2D eigenvalue weighted by Gasteiger charge is -2.24. The van der Waals surface area contributed by atoms with Crippen LogP contribution >= 0.6 is 24.0 Å². The summed E-state index contributed by atoms with van der Waals surface area (Å²) in [6.45, 7) is 8.02. The van der Waals surface area contributed by atoms with E-state index in [4.69, 9.17) is 22.3 Å². The van der Waals surface area contributed by atoms with Gasteiger partial charge in [-0.25, -0.2) is 4.98 Å². The largest absolute Gasteiger partial charge is 0.481 e. The number of rotatable bonds is 12. The van der Waals surface area contributed by atoms with Gasteiger partial charge in [-0.3, -0.25) is 23.7 Å². The van der Waals surface area contributed by atoms with Gasteiger partial charge < -0.3 is 10.0 Å². The number of carboxylic acids is 1. The number of fused-ring (bicyclic) bond motifs is 1. The fraction of sp³-hybridized carbons (Fsp3) is 0.480. The minimum absolute atomic E-state index is 0.117. The predicted octanol–water partition coefficient (Wildman–Crippen LogP) is 4.48. The highest BCUT2D eigenvalue weighted by Gasteiger charge is 2.32. The molecule has 0 spiro atoms. The van der Waals surface area contributed by atoms with Crippen molar-refractivity contribution >= 4 is 57.7 Å². The Balaban J connectivity index is 1.97. The number of carbonyl (C=O) groups excluding carboxylic acids is 1. The van der Waals surface area contributed by atoms with Gasteiger partial charge in [0.15, 0.2) is 0 Å². The third-order valence-corrected chi connectivity index (χ3v) is 7.07. The third kappa shape index (κ3) is 6.49. The molecule has 0 unspecified atom stereocenters. The molecule has 1 fully saturated rings. The molecule has 2 aromatic rings. The lowest BCUT2D eigenvalue weighted by atomic mass is 10.2. The van der Waals surface area contributed by atoms with Crippen LogP contribution in [-0.2, 0) is 9.59 Å². The van der Waals surface area contributed by atoms with Gasteiger partial charge >= 0.3 is 5.97 Å². The molecule has 3 heterocycles. The molecule has 1 N–H and O–H groups in total. The van der Waals surface area contributed by atoms with Crippen molar-refractivity contribution < 1.29 is 14.7 Å². The maximum Gasteiger partial charge on any atom is 0.303 e. The third-order valence-electron chi connectivity index (χ3n) is 5.69. The van der Waals surface area contributed by atoms with E-state index >= 15 is 0 Å². The van der Waals surface area contributed by atoms with Gasteiger partial charge in [-0.15, -0.1) is 0 Å². The number of nitrogens with zero attached hydrogens (tertiary/aromatic N) is 4. The zero-order valence-corrected chi connectivity index (χ0v) is 22.1. The molecule has 1 aliphatic rings. The van der Waals surface area contributed by atoms with Crippen LogP contribution in [0.1, 0.15) is 63.5 Å². The second-order valence-electron chi connectivity index (χ2n) is 8.61. The predicted molar refractivity (Wildman–Crippen MR) is 145 cm³/mol. The van der Waals surface area contributed by atoms with Crippen LogP contribution in [0.4, 0.5) is 5.82 Å². The maximum absolute atomic E-state index is 13.6. The number of anilines is 1. The van der Waals surface area contributed by atoms with E-state index in [2.05, 4.69) is 18.7 Å². The van der Waals surface area contributed by atoms with Gasteiger partial charge in [0.2, 0.25) is 0 Å². The molecule has 1 amide bonds. The molecule has 0 aromatic carbocycles. The van der Waals surface area contributed by atoms with Crippen molar-refractivity contribution in [2.24, 2.45) is 0 Å². The van der Waals surface area contributed by atoms with Crippen molar-refractivity contribution in [3.63, 3.8) is 0 Å². The highest BCUT2D eigenvalue weighted by molar-refractivity contribution is 8.26. The second-order valence-corrected chi connectivity index (χ2v) is 10.3. The van der Waals surface area contributed by atoms with Crippen molar-refractivity contribution in [2.75, 3.05) is 24.5 Å². The molecule has 0 atom stereocenters. The molecular formula is C25H32N4O4S2. The number of pyridine rings is 1. The minimum atomic E-state index is -0.819. The summed E-state index contributed by atoms with van der Waals surface area (Å²) in [6.07, 6.45) is 7.25. The van der Waals surface area contributed by atoms with E-state index in [-0.39, 0.29) is 17.9 Å². The van der Waals surface area contributed by atoms with Gasteiger partial charge in [-0.2, -0.15) is 0 Å². The Labute approximate surface area is 215 Å². The summed E-state index contributed by atoms with van der Waals surface area (Å²) >= 11 is 6.64. The van der Waals surface area contributed by atoms with Gasteiger partial charge in [0.1, 0.15) is 15.8 Å². The number of carboxylic acid groups (broad SMARTS) is 1. The topological polar surface area (TPSA) is 95.2 Å². The average molecular weight is 517 g/mol. The lowest BCUT2D eigenvalue weighted by Crippen LogP contribution is -2.31. The average Bonchev–Trinajstić information content (AvgIpc) is 3.08. The van der Waals surface area contributed by atoms with Crippen LogP contribution in [0, 0.1) is 6.92 Å². The number of amides is 1. The highest BCUT2D eigenvalue weighted by atomic mass is 32.2. The molecule has 0 bridgehead atoms. The molecule has 188 valence electrons. The molecule has 2 aromatic heterocycles. The Morgan fingerprint density at radius 3 is 2.54 bits per heavy atom. The molecule has 0 aliphatic carbocycles. The number of thioether (sulfide) groups is 1. The van der Waals surface area contributed by atoms with E-state index in [0.29, 0.717) is 52.1 Å². The van der Waals surface area contributed by atoms with Gasteiger partial charge in [0.25, 0.3) is 11.5 Å². The van der Waals surface area contributed by atoms with E-state index in [0.717, 1.165) is 31.5 Å². The Bertz CT molecular complexity index is 1200. The Kier molecular flexibility index (Phi) is 9.45. The molecule has 8 nitrogen and oxygen atoms in total. The Morgan fingerprint density at radius 2 is 1.89 bits per heavy atom. The summed E-state index contributed by atoms with van der Waals surface area (Å²) in [5.41, 5.74) is 1.67. The number of unbranched alkanes of at least 4 members (excludes halogenated alkanes) is 2. The van der Waals surface area contributed by atoms with E-state index in [9.17, 15) is 14.4 Å². The number of hydrogen-bond acceptors (Lipinski definition) is 7. The first-order valence-electron chi connectivity index (χ1n) is 12.0. The molecule has 1 aliphatic heterocycles. The molecular weight excluding hydrogens is 484 g/mol. The Morgan fingerprint density at radius 1 is 1.17 bits per heavy atom.